The first-order valence-corrected chi connectivity index (χ1v) is 6.94. The van der Waals surface area contributed by atoms with E-state index >= 15 is 0 Å². The molecule has 1 rings (SSSR count). The smallest absolute Gasteiger partial charge is 0.313 e. The van der Waals surface area contributed by atoms with Crippen molar-refractivity contribution in [2.75, 3.05) is 12.3 Å². The van der Waals surface area contributed by atoms with Crippen molar-refractivity contribution in [1.82, 2.24) is 5.32 Å². The van der Waals surface area contributed by atoms with Gasteiger partial charge in [0.25, 0.3) is 0 Å². The van der Waals surface area contributed by atoms with Gasteiger partial charge < -0.3 is 5.32 Å². The number of sulfone groups is 1. The van der Waals surface area contributed by atoms with E-state index in [0.29, 0.717) is 12.8 Å². The number of hydrogen-bond acceptors (Lipinski definition) is 3. The van der Waals surface area contributed by atoms with Crippen LogP contribution in [-0.4, -0.2) is 38.2 Å². The minimum absolute atomic E-state index is 0.125. The van der Waals surface area contributed by atoms with Crippen LogP contribution in [0.1, 0.15) is 26.2 Å². The Kier molecular flexibility index (Phi) is 4.23. The maximum Gasteiger partial charge on any atom is 0.390 e. The molecular weight excluding hydrogens is 243 g/mol. The molecule has 0 radical (unpaired) electrons. The molecule has 0 saturated carbocycles. The quantitative estimate of drug-likeness (QED) is 0.832. The van der Waals surface area contributed by atoms with E-state index < -0.39 is 33.7 Å². The Bertz CT molecular complexity index is 326. The van der Waals surface area contributed by atoms with E-state index in [2.05, 4.69) is 5.32 Å². The Labute approximate surface area is 93.3 Å². The molecule has 3 nitrogen and oxygen atoms in total. The number of alkyl halides is 3. The number of halogens is 3. The van der Waals surface area contributed by atoms with Crippen molar-refractivity contribution in [3.63, 3.8) is 0 Å². The summed E-state index contributed by atoms with van der Waals surface area (Å²) in [5.41, 5.74) is 0. The van der Waals surface area contributed by atoms with Crippen molar-refractivity contribution in [1.29, 1.82) is 0 Å². The van der Waals surface area contributed by atoms with Crippen LogP contribution in [0.4, 0.5) is 13.2 Å². The van der Waals surface area contributed by atoms with Gasteiger partial charge in [-0.1, -0.05) is 0 Å². The standard InChI is InChI=1S/C9H16F3NO2S/c1-7(5-9(10,11)12)13-6-8-3-2-4-16(8,14)15/h7-8,13H,2-6H2,1H3. The zero-order valence-corrected chi connectivity index (χ0v) is 9.87. The minimum Gasteiger partial charge on any atom is -0.313 e. The molecule has 0 bridgehead atoms. The predicted octanol–water partition coefficient (Wildman–Crippen LogP) is 1.49. The third-order valence-electron chi connectivity index (χ3n) is 2.69. The number of rotatable bonds is 4. The lowest BCUT2D eigenvalue weighted by molar-refractivity contribution is -0.138. The molecule has 1 heterocycles. The molecule has 0 aromatic heterocycles. The lowest BCUT2D eigenvalue weighted by Gasteiger charge is -2.18. The molecule has 2 atom stereocenters. The van der Waals surface area contributed by atoms with Gasteiger partial charge >= 0.3 is 6.18 Å². The Morgan fingerprint density at radius 2 is 2.06 bits per heavy atom. The number of hydrogen-bond donors (Lipinski definition) is 1. The molecule has 0 aliphatic carbocycles. The molecule has 7 heteroatoms. The summed E-state index contributed by atoms with van der Waals surface area (Å²) in [4.78, 5) is 0. The highest BCUT2D eigenvalue weighted by atomic mass is 32.2. The van der Waals surface area contributed by atoms with Crippen molar-refractivity contribution in [3.05, 3.63) is 0 Å². The van der Waals surface area contributed by atoms with Crippen LogP contribution < -0.4 is 5.32 Å². The van der Waals surface area contributed by atoms with Crippen molar-refractivity contribution in [3.8, 4) is 0 Å². The monoisotopic (exact) mass is 259 g/mol. The Hall–Kier alpha value is -0.300. The van der Waals surface area contributed by atoms with Gasteiger partial charge in [0.15, 0.2) is 9.84 Å². The van der Waals surface area contributed by atoms with E-state index in [9.17, 15) is 21.6 Å². The Morgan fingerprint density at radius 1 is 1.44 bits per heavy atom. The molecule has 1 aliphatic rings. The van der Waals surface area contributed by atoms with E-state index in [0.717, 1.165) is 0 Å². The van der Waals surface area contributed by atoms with Gasteiger partial charge in [0, 0.05) is 12.6 Å². The largest absolute Gasteiger partial charge is 0.390 e. The molecule has 0 aromatic carbocycles. The summed E-state index contributed by atoms with van der Waals surface area (Å²) in [5.74, 6) is 0.160. The van der Waals surface area contributed by atoms with Crippen LogP contribution in [0.2, 0.25) is 0 Å². The van der Waals surface area contributed by atoms with Crippen molar-refractivity contribution >= 4 is 9.84 Å². The second-order valence-corrected chi connectivity index (χ2v) is 6.66. The normalized spacial score (nSPS) is 26.9. The third kappa shape index (κ3) is 4.29. The van der Waals surface area contributed by atoms with Crippen molar-refractivity contribution in [2.45, 2.75) is 43.7 Å². The van der Waals surface area contributed by atoms with E-state index in [1.54, 1.807) is 0 Å². The molecule has 16 heavy (non-hydrogen) atoms. The molecule has 1 fully saturated rings. The second kappa shape index (κ2) is 4.91. The summed E-state index contributed by atoms with van der Waals surface area (Å²) in [7, 11) is -3.07. The maximum absolute atomic E-state index is 12.0. The zero-order chi connectivity index (χ0) is 12.4. The van der Waals surface area contributed by atoms with Crippen LogP contribution in [0.25, 0.3) is 0 Å². The average molecular weight is 259 g/mol. The Balaban J connectivity index is 2.35. The van der Waals surface area contributed by atoms with Gasteiger partial charge in [-0.3, -0.25) is 0 Å². The molecular formula is C9H16F3NO2S. The molecule has 0 aromatic rings. The first-order chi connectivity index (χ1) is 7.21. The van der Waals surface area contributed by atoms with Gasteiger partial charge in [0.1, 0.15) is 0 Å². The fraction of sp³-hybridized carbons (Fsp3) is 1.00. The lowest BCUT2D eigenvalue weighted by Crippen LogP contribution is -2.38. The molecule has 2 unspecified atom stereocenters. The average Bonchev–Trinajstić information content (AvgIpc) is 2.38. The summed E-state index contributed by atoms with van der Waals surface area (Å²) in [6.07, 6.45) is -3.98. The summed E-state index contributed by atoms with van der Waals surface area (Å²) < 4.78 is 58.8. The first kappa shape index (κ1) is 13.8. The van der Waals surface area contributed by atoms with Gasteiger partial charge in [0.2, 0.25) is 0 Å². The molecule has 96 valence electrons. The maximum atomic E-state index is 12.0. The van der Waals surface area contributed by atoms with Crippen LogP contribution in [0.3, 0.4) is 0 Å². The van der Waals surface area contributed by atoms with Crippen LogP contribution in [0.15, 0.2) is 0 Å². The first-order valence-electron chi connectivity index (χ1n) is 5.22. The third-order valence-corrected chi connectivity index (χ3v) is 4.97. The molecule has 1 aliphatic heterocycles. The van der Waals surface area contributed by atoms with E-state index in [1.807, 2.05) is 0 Å². The Morgan fingerprint density at radius 3 is 2.50 bits per heavy atom. The lowest BCUT2D eigenvalue weighted by atomic mass is 10.2. The molecule has 1 N–H and O–H groups in total. The molecule has 0 amide bonds. The predicted molar refractivity (Wildman–Crippen MR) is 54.9 cm³/mol. The summed E-state index contributed by atoms with van der Waals surface area (Å²) in [5, 5.41) is 2.13. The summed E-state index contributed by atoms with van der Waals surface area (Å²) in [6.45, 7) is 1.54. The van der Waals surface area contributed by atoms with E-state index in [-0.39, 0.29) is 12.3 Å². The van der Waals surface area contributed by atoms with Gasteiger partial charge in [-0.25, -0.2) is 8.42 Å². The highest BCUT2D eigenvalue weighted by Gasteiger charge is 2.33. The fourth-order valence-electron chi connectivity index (χ4n) is 1.84. The summed E-state index contributed by atoms with van der Waals surface area (Å²) in [6, 6.07) is -0.740. The van der Waals surface area contributed by atoms with Gasteiger partial charge in [0.05, 0.1) is 17.4 Å². The molecule has 1 saturated heterocycles. The SMILES string of the molecule is CC(CC(F)(F)F)NCC1CCCS1(=O)=O. The number of nitrogens with one attached hydrogen (secondary N) is 1. The van der Waals surface area contributed by atoms with E-state index in [1.165, 1.54) is 6.92 Å². The van der Waals surface area contributed by atoms with Crippen molar-refractivity contribution < 1.29 is 21.6 Å². The second-order valence-electron chi connectivity index (χ2n) is 4.26. The van der Waals surface area contributed by atoms with E-state index in [4.69, 9.17) is 0 Å². The van der Waals surface area contributed by atoms with Crippen LogP contribution in [-0.2, 0) is 9.84 Å². The van der Waals surface area contributed by atoms with Gasteiger partial charge in [-0.05, 0) is 19.8 Å². The van der Waals surface area contributed by atoms with Gasteiger partial charge in [-0.15, -0.1) is 0 Å². The van der Waals surface area contributed by atoms with Gasteiger partial charge in [-0.2, -0.15) is 13.2 Å². The highest BCUT2D eigenvalue weighted by molar-refractivity contribution is 7.92. The molecule has 0 spiro atoms. The minimum atomic E-state index is -4.21. The van der Waals surface area contributed by atoms with Crippen LogP contribution in [0.5, 0.6) is 0 Å². The van der Waals surface area contributed by atoms with Crippen LogP contribution >= 0.6 is 0 Å². The topological polar surface area (TPSA) is 46.2 Å². The summed E-state index contributed by atoms with van der Waals surface area (Å²) >= 11 is 0. The van der Waals surface area contributed by atoms with Crippen LogP contribution in [0, 0.1) is 0 Å². The fourth-order valence-corrected chi connectivity index (χ4v) is 3.62. The van der Waals surface area contributed by atoms with Crippen molar-refractivity contribution in [2.24, 2.45) is 0 Å². The highest BCUT2D eigenvalue weighted by Crippen LogP contribution is 2.22. The zero-order valence-electron chi connectivity index (χ0n) is 9.05.